The summed E-state index contributed by atoms with van der Waals surface area (Å²) in [5, 5.41) is 0. The van der Waals surface area contributed by atoms with Crippen molar-refractivity contribution in [2.75, 3.05) is 0 Å². The second-order valence-corrected chi connectivity index (χ2v) is 7.84. The summed E-state index contributed by atoms with van der Waals surface area (Å²) < 4.78 is 0. The average Bonchev–Trinajstić information content (AvgIpc) is 2.54. The van der Waals surface area contributed by atoms with Crippen molar-refractivity contribution in [3.8, 4) is 0 Å². The first-order valence-corrected chi connectivity index (χ1v) is 9.59. The highest BCUT2D eigenvalue weighted by Crippen LogP contribution is 2.34. The molecule has 1 aromatic carbocycles. The van der Waals surface area contributed by atoms with Crippen molar-refractivity contribution in [1.82, 2.24) is 0 Å². The molecule has 0 fully saturated rings. The molecule has 23 heavy (non-hydrogen) atoms. The molecule has 2 aliphatic rings. The Hall–Kier alpha value is -1.30. The molecule has 124 valence electrons. The minimum atomic E-state index is 0.722. The van der Waals surface area contributed by atoms with Crippen LogP contribution in [0.2, 0.25) is 0 Å². The lowest BCUT2D eigenvalue weighted by Crippen LogP contribution is -2.17. The Morgan fingerprint density at radius 2 is 1.91 bits per heavy atom. The van der Waals surface area contributed by atoms with Crippen LogP contribution in [0.15, 0.2) is 42.0 Å². The van der Waals surface area contributed by atoms with Crippen LogP contribution in [-0.2, 0) is 12.8 Å². The SMILES string of the molecule is CCC1C=C(CC2CCc3ccc(C)cc3C2)C(C)CC=CC1. The fourth-order valence-electron chi connectivity index (χ4n) is 4.28. The van der Waals surface area contributed by atoms with Gasteiger partial charge in [-0.05, 0) is 80.8 Å². The van der Waals surface area contributed by atoms with Crippen molar-refractivity contribution in [2.45, 2.75) is 65.7 Å². The Bertz CT molecular complexity index is 590. The second-order valence-electron chi connectivity index (χ2n) is 7.84. The van der Waals surface area contributed by atoms with E-state index in [1.165, 1.54) is 50.5 Å². The monoisotopic (exact) mass is 308 g/mol. The van der Waals surface area contributed by atoms with E-state index in [2.05, 4.69) is 57.2 Å². The molecule has 0 aromatic heterocycles. The molecule has 0 saturated heterocycles. The third-order valence-electron chi connectivity index (χ3n) is 5.92. The second kappa shape index (κ2) is 7.51. The molecule has 3 atom stereocenters. The minimum absolute atomic E-state index is 0.722. The first-order valence-electron chi connectivity index (χ1n) is 9.59. The number of hydrogen-bond acceptors (Lipinski definition) is 0. The van der Waals surface area contributed by atoms with Gasteiger partial charge in [0.1, 0.15) is 0 Å². The van der Waals surface area contributed by atoms with E-state index in [1.54, 1.807) is 16.7 Å². The van der Waals surface area contributed by atoms with Crippen LogP contribution in [0.25, 0.3) is 0 Å². The summed E-state index contributed by atoms with van der Waals surface area (Å²) in [6, 6.07) is 7.06. The van der Waals surface area contributed by atoms with E-state index in [0.717, 1.165) is 17.8 Å². The Kier molecular flexibility index (Phi) is 5.41. The molecule has 1 aromatic rings. The van der Waals surface area contributed by atoms with Gasteiger partial charge in [0.25, 0.3) is 0 Å². The molecule has 2 aliphatic carbocycles. The Morgan fingerprint density at radius 1 is 1.09 bits per heavy atom. The molecule has 0 heterocycles. The van der Waals surface area contributed by atoms with E-state index in [9.17, 15) is 0 Å². The third kappa shape index (κ3) is 4.16. The highest BCUT2D eigenvalue weighted by atomic mass is 14.3. The third-order valence-corrected chi connectivity index (χ3v) is 5.92. The van der Waals surface area contributed by atoms with Gasteiger partial charge in [-0.25, -0.2) is 0 Å². The Morgan fingerprint density at radius 3 is 2.74 bits per heavy atom. The van der Waals surface area contributed by atoms with Gasteiger partial charge < -0.3 is 0 Å². The van der Waals surface area contributed by atoms with E-state index in [1.807, 2.05) is 0 Å². The van der Waals surface area contributed by atoms with Gasteiger partial charge in [0, 0.05) is 0 Å². The number of benzene rings is 1. The van der Waals surface area contributed by atoms with Crippen molar-refractivity contribution >= 4 is 0 Å². The average molecular weight is 309 g/mol. The zero-order valence-electron chi connectivity index (χ0n) is 15.1. The molecule has 0 spiro atoms. The maximum atomic E-state index is 2.64. The van der Waals surface area contributed by atoms with Gasteiger partial charge >= 0.3 is 0 Å². The van der Waals surface area contributed by atoms with Crippen LogP contribution in [0.3, 0.4) is 0 Å². The standard InChI is InChI=1S/C23H32/c1-4-19-8-6-5-7-18(3)22(14-19)15-20-10-12-21-11-9-17(2)13-23(21)16-20/h5-6,9,11,13-14,18-20H,4,7-8,10,12,15-16H2,1-3H3. The Labute approximate surface area is 142 Å². The zero-order valence-corrected chi connectivity index (χ0v) is 15.1. The molecule has 0 radical (unpaired) electrons. The molecule has 0 amide bonds. The van der Waals surface area contributed by atoms with Crippen LogP contribution >= 0.6 is 0 Å². The van der Waals surface area contributed by atoms with E-state index >= 15 is 0 Å². The van der Waals surface area contributed by atoms with Crippen LogP contribution in [-0.4, -0.2) is 0 Å². The topological polar surface area (TPSA) is 0 Å². The first-order chi connectivity index (χ1) is 11.2. The summed E-state index contributed by atoms with van der Waals surface area (Å²) in [4.78, 5) is 0. The summed E-state index contributed by atoms with van der Waals surface area (Å²) in [7, 11) is 0. The lowest BCUT2D eigenvalue weighted by atomic mass is 9.77. The number of hydrogen-bond donors (Lipinski definition) is 0. The molecule has 0 heteroatoms. The molecule has 0 nitrogen and oxygen atoms in total. The molecular weight excluding hydrogens is 276 g/mol. The van der Waals surface area contributed by atoms with E-state index < -0.39 is 0 Å². The van der Waals surface area contributed by atoms with Gasteiger partial charge in [0.05, 0.1) is 0 Å². The summed E-state index contributed by atoms with van der Waals surface area (Å²) in [5.74, 6) is 2.32. The van der Waals surface area contributed by atoms with Crippen LogP contribution in [0, 0.1) is 24.7 Å². The number of allylic oxidation sites excluding steroid dienone is 4. The van der Waals surface area contributed by atoms with E-state index in [0.29, 0.717) is 0 Å². The summed E-state index contributed by atoms with van der Waals surface area (Å²) in [6.07, 6.45) is 16.4. The number of fused-ring (bicyclic) bond motifs is 1. The van der Waals surface area contributed by atoms with Crippen molar-refractivity contribution in [1.29, 1.82) is 0 Å². The van der Waals surface area contributed by atoms with Gasteiger partial charge in [0.2, 0.25) is 0 Å². The summed E-state index contributed by atoms with van der Waals surface area (Å²) >= 11 is 0. The van der Waals surface area contributed by atoms with Crippen LogP contribution in [0.1, 0.15) is 62.6 Å². The lowest BCUT2D eigenvalue weighted by molar-refractivity contribution is 0.430. The van der Waals surface area contributed by atoms with E-state index in [4.69, 9.17) is 0 Å². The van der Waals surface area contributed by atoms with Gasteiger partial charge in [0.15, 0.2) is 0 Å². The maximum Gasteiger partial charge on any atom is -0.0197 e. The van der Waals surface area contributed by atoms with Crippen molar-refractivity contribution in [3.63, 3.8) is 0 Å². The fraction of sp³-hybridized carbons (Fsp3) is 0.565. The maximum absolute atomic E-state index is 2.64. The van der Waals surface area contributed by atoms with Gasteiger partial charge in [-0.3, -0.25) is 0 Å². The largest absolute Gasteiger partial charge is 0.0879 e. The van der Waals surface area contributed by atoms with Gasteiger partial charge in [-0.1, -0.05) is 61.4 Å². The van der Waals surface area contributed by atoms with Gasteiger partial charge in [-0.2, -0.15) is 0 Å². The molecule has 3 rings (SSSR count). The molecule has 0 saturated carbocycles. The van der Waals surface area contributed by atoms with Crippen LogP contribution in [0.4, 0.5) is 0 Å². The van der Waals surface area contributed by atoms with E-state index in [-0.39, 0.29) is 0 Å². The smallest absolute Gasteiger partial charge is 0.0197 e. The fourth-order valence-corrected chi connectivity index (χ4v) is 4.28. The molecule has 3 unspecified atom stereocenters. The quantitative estimate of drug-likeness (QED) is 0.564. The van der Waals surface area contributed by atoms with Crippen LogP contribution in [0.5, 0.6) is 0 Å². The summed E-state index contributed by atoms with van der Waals surface area (Å²) in [6.45, 7) is 6.98. The first kappa shape index (κ1) is 16.6. The predicted octanol–water partition coefficient (Wildman–Crippen LogP) is 6.43. The normalized spacial score (nSPS) is 27.8. The number of rotatable bonds is 3. The molecule has 0 bridgehead atoms. The molecular formula is C23H32. The van der Waals surface area contributed by atoms with Crippen molar-refractivity contribution in [2.24, 2.45) is 17.8 Å². The molecule has 0 N–H and O–H groups in total. The highest BCUT2D eigenvalue weighted by molar-refractivity contribution is 5.34. The van der Waals surface area contributed by atoms with Crippen molar-refractivity contribution in [3.05, 3.63) is 58.7 Å². The minimum Gasteiger partial charge on any atom is -0.0879 e. The predicted molar refractivity (Wildman–Crippen MR) is 101 cm³/mol. The van der Waals surface area contributed by atoms with Gasteiger partial charge in [-0.15, -0.1) is 0 Å². The zero-order chi connectivity index (χ0) is 16.2. The molecule has 0 aliphatic heterocycles. The van der Waals surface area contributed by atoms with Crippen molar-refractivity contribution < 1.29 is 0 Å². The highest BCUT2D eigenvalue weighted by Gasteiger charge is 2.22. The summed E-state index contributed by atoms with van der Waals surface area (Å²) in [5.41, 5.74) is 6.37. The number of aryl methyl sites for hydroxylation is 2. The van der Waals surface area contributed by atoms with Crippen LogP contribution < -0.4 is 0 Å². The Balaban J connectivity index is 1.73. The lowest BCUT2D eigenvalue weighted by Gasteiger charge is -2.29.